The van der Waals surface area contributed by atoms with E-state index in [-0.39, 0.29) is 16.7 Å². The molecule has 2 unspecified atom stereocenters. The summed E-state index contributed by atoms with van der Waals surface area (Å²) in [6.45, 7) is 4.17. The Morgan fingerprint density at radius 2 is 1.94 bits per heavy atom. The number of benzene rings is 1. The Morgan fingerprint density at radius 1 is 1.35 bits per heavy atom. The van der Waals surface area contributed by atoms with Crippen LogP contribution in [-0.4, -0.2) is 11.0 Å². The number of nitro groups is 1. The van der Waals surface area contributed by atoms with Gasteiger partial charge in [-0.05, 0) is 31.2 Å². The number of nitrogens with zero attached hydrogens (tertiary/aromatic N) is 1. The molecule has 1 aromatic rings. The summed E-state index contributed by atoms with van der Waals surface area (Å²) in [6.07, 6.45) is 3.04. The molecule has 1 aromatic carbocycles. The van der Waals surface area contributed by atoms with Gasteiger partial charge in [0.1, 0.15) is 0 Å². The predicted octanol–water partition coefficient (Wildman–Crippen LogP) is 2.90. The summed E-state index contributed by atoms with van der Waals surface area (Å²) in [5.74, 6) is 0.519. The van der Waals surface area contributed by atoms with Gasteiger partial charge in [0.05, 0.1) is 4.92 Å². The van der Waals surface area contributed by atoms with Crippen LogP contribution in [0.25, 0.3) is 0 Å². The number of non-ortho nitro benzene ring substituents is 1. The van der Waals surface area contributed by atoms with Gasteiger partial charge in [-0.25, -0.2) is 0 Å². The summed E-state index contributed by atoms with van der Waals surface area (Å²) in [5.41, 5.74) is 7.17. The highest BCUT2D eigenvalue weighted by Crippen LogP contribution is 2.18. The Kier molecular flexibility index (Phi) is 5.10. The zero-order valence-electron chi connectivity index (χ0n) is 10.4. The topological polar surface area (TPSA) is 69.2 Å². The van der Waals surface area contributed by atoms with E-state index in [0.717, 1.165) is 24.8 Å². The summed E-state index contributed by atoms with van der Waals surface area (Å²) in [6, 6.07) is 6.97. The fourth-order valence-electron chi connectivity index (χ4n) is 1.98. The van der Waals surface area contributed by atoms with Crippen molar-refractivity contribution in [3.8, 4) is 0 Å². The quantitative estimate of drug-likeness (QED) is 0.610. The Morgan fingerprint density at radius 3 is 2.35 bits per heavy atom. The molecule has 0 amide bonds. The second-order valence-electron chi connectivity index (χ2n) is 4.49. The molecule has 0 saturated carbocycles. The molecule has 4 nitrogen and oxygen atoms in total. The van der Waals surface area contributed by atoms with Crippen molar-refractivity contribution in [3.05, 3.63) is 39.9 Å². The maximum absolute atomic E-state index is 10.5. The summed E-state index contributed by atoms with van der Waals surface area (Å²) in [7, 11) is 0. The highest BCUT2D eigenvalue weighted by molar-refractivity contribution is 5.32. The predicted molar refractivity (Wildman–Crippen MR) is 68.8 cm³/mol. The lowest BCUT2D eigenvalue weighted by molar-refractivity contribution is -0.384. The van der Waals surface area contributed by atoms with Crippen LogP contribution in [0.3, 0.4) is 0 Å². The minimum absolute atomic E-state index is 0.146. The van der Waals surface area contributed by atoms with Crippen LogP contribution in [-0.2, 0) is 6.42 Å². The molecule has 0 aliphatic carbocycles. The van der Waals surface area contributed by atoms with E-state index in [4.69, 9.17) is 5.73 Å². The molecule has 0 aliphatic rings. The van der Waals surface area contributed by atoms with E-state index in [0.29, 0.717) is 5.92 Å². The second-order valence-corrected chi connectivity index (χ2v) is 4.49. The minimum atomic E-state index is -0.374. The number of hydrogen-bond acceptors (Lipinski definition) is 3. The van der Waals surface area contributed by atoms with E-state index in [2.05, 4.69) is 6.92 Å². The molecule has 0 saturated heterocycles. The summed E-state index contributed by atoms with van der Waals surface area (Å²) in [4.78, 5) is 10.1. The lowest BCUT2D eigenvalue weighted by Gasteiger charge is -2.18. The Balaban J connectivity index is 2.55. The lowest BCUT2D eigenvalue weighted by Crippen LogP contribution is -2.26. The van der Waals surface area contributed by atoms with Crippen LogP contribution < -0.4 is 5.73 Å². The minimum Gasteiger partial charge on any atom is -0.328 e. The Labute approximate surface area is 102 Å². The Bertz CT molecular complexity index is 360. The molecule has 1 rings (SSSR count). The van der Waals surface area contributed by atoms with Gasteiger partial charge in [-0.1, -0.05) is 25.5 Å². The van der Waals surface area contributed by atoms with Gasteiger partial charge >= 0.3 is 0 Å². The van der Waals surface area contributed by atoms with Crippen LogP contribution in [0, 0.1) is 16.0 Å². The number of hydrogen-bond donors (Lipinski definition) is 1. The van der Waals surface area contributed by atoms with Gasteiger partial charge in [-0.2, -0.15) is 0 Å². The fraction of sp³-hybridized carbons (Fsp3) is 0.538. The third kappa shape index (κ3) is 4.15. The van der Waals surface area contributed by atoms with E-state index in [9.17, 15) is 10.1 Å². The average Bonchev–Trinajstić information content (AvgIpc) is 2.30. The van der Waals surface area contributed by atoms with E-state index < -0.39 is 0 Å². The molecule has 4 heteroatoms. The zero-order chi connectivity index (χ0) is 12.8. The van der Waals surface area contributed by atoms with Crippen LogP contribution in [0.5, 0.6) is 0 Å². The molecular weight excluding hydrogens is 216 g/mol. The van der Waals surface area contributed by atoms with Gasteiger partial charge in [-0.15, -0.1) is 0 Å². The summed E-state index contributed by atoms with van der Waals surface area (Å²) in [5, 5.41) is 10.5. The number of aryl methyl sites for hydroxylation is 1. The van der Waals surface area contributed by atoms with Gasteiger partial charge in [0.25, 0.3) is 5.69 Å². The van der Waals surface area contributed by atoms with Crippen molar-refractivity contribution in [1.82, 2.24) is 0 Å². The van der Waals surface area contributed by atoms with Crippen LogP contribution in [0.1, 0.15) is 32.3 Å². The molecular formula is C13H20N2O2. The fourth-order valence-corrected chi connectivity index (χ4v) is 1.98. The molecule has 2 N–H and O–H groups in total. The van der Waals surface area contributed by atoms with Crippen molar-refractivity contribution in [2.45, 2.75) is 39.2 Å². The van der Waals surface area contributed by atoms with Crippen molar-refractivity contribution >= 4 is 5.69 Å². The molecule has 0 aromatic heterocycles. The van der Waals surface area contributed by atoms with Crippen molar-refractivity contribution < 1.29 is 4.92 Å². The van der Waals surface area contributed by atoms with Crippen LogP contribution >= 0.6 is 0 Å². The number of nitro benzene ring substituents is 1. The van der Waals surface area contributed by atoms with Gasteiger partial charge in [0.2, 0.25) is 0 Å². The highest BCUT2D eigenvalue weighted by atomic mass is 16.6. The van der Waals surface area contributed by atoms with Gasteiger partial charge in [0.15, 0.2) is 0 Å². The first kappa shape index (κ1) is 13.6. The first-order valence-corrected chi connectivity index (χ1v) is 6.03. The van der Waals surface area contributed by atoms with Crippen LogP contribution in [0.15, 0.2) is 24.3 Å². The van der Waals surface area contributed by atoms with Crippen molar-refractivity contribution in [2.24, 2.45) is 11.7 Å². The Hall–Kier alpha value is -1.42. The van der Waals surface area contributed by atoms with E-state index in [1.165, 1.54) is 0 Å². The van der Waals surface area contributed by atoms with Crippen molar-refractivity contribution in [2.75, 3.05) is 0 Å². The molecule has 0 aliphatic heterocycles. The second kappa shape index (κ2) is 6.35. The maximum atomic E-state index is 10.5. The SMILES string of the molecule is CCC(CCc1ccc([N+](=O)[O-])cc1)C(C)N. The molecule has 0 radical (unpaired) electrons. The van der Waals surface area contributed by atoms with Crippen LogP contribution in [0.4, 0.5) is 5.69 Å². The summed E-state index contributed by atoms with van der Waals surface area (Å²) >= 11 is 0. The molecule has 2 atom stereocenters. The van der Waals surface area contributed by atoms with Crippen LogP contribution in [0.2, 0.25) is 0 Å². The molecule has 94 valence electrons. The molecule has 17 heavy (non-hydrogen) atoms. The van der Waals surface area contributed by atoms with Crippen molar-refractivity contribution in [1.29, 1.82) is 0 Å². The smallest absolute Gasteiger partial charge is 0.269 e. The van der Waals surface area contributed by atoms with E-state index in [1.807, 2.05) is 19.1 Å². The first-order valence-electron chi connectivity index (χ1n) is 6.03. The molecule has 0 fully saturated rings. The third-order valence-electron chi connectivity index (χ3n) is 3.22. The average molecular weight is 236 g/mol. The van der Waals surface area contributed by atoms with E-state index in [1.54, 1.807) is 12.1 Å². The van der Waals surface area contributed by atoms with Crippen molar-refractivity contribution in [3.63, 3.8) is 0 Å². The molecule has 0 bridgehead atoms. The zero-order valence-corrected chi connectivity index (χ0v) is 10.4. The van der Waals surface area contributed by atoms with E-state index >= 15 is 0 Å². The normalized spacial score (nSPS) is 14.3. The van der Waals surface area contributed by atoms with Gasteiger partial charge in [0, 0.05) is 18.2 Å². The highest BCUT2D eigenvalue weighted by Gasteiger charge is 2.11. The maximum Gasteiger partial charge on any atom is 0.269 e. The molecule has 0 spiro atoms. The summed E-state index contributed by atoms with van der Waals surface area (Å²) < 4.78 is 0. The van der Waals surface area contributed by atoms with Gasteiger partial charge < -0.3 is 5.73 Å². The first-order chi connectivity index (χ1) is 8.04. The standard InChI is InChI=1S/C13H20N2O2/c1-3-12(10(2)14)7-4-11-5-8-13(9-6-11)15(16)17/h5-6,8-10,12H,3-4,7,14H2,1-2H3. The van der Waals surface area contributed by atoms with Gasteiger partial charge in [-0.3, -0.25) is 10.1 Å². The molecule has 0 heterocycles. The largest absolute Gasteiger partial charge is 0.328 e. The number of rotatable bonds is 6. The third-order valence-corrected chi connectivity index (χ3v) is 3.22. The number of nitrogens with two attached hydrogens (primary N) is 1. The lowest BCUT2D eigenvalue weighted by atomic mass is 9.92. The monoisotopic (exact) mass is 236 g/mol.